The topological polar surface area (TPSA) is 86.7 Å². The van der Waals surface area contributed by atoms with Crippen LogP contribution in [0, 0.1) is 0 Å². The predicted octanol–water partition coefficient (Wildman–Crippen LogP) is 2.41. The van der Waals surface area contributed by atoms with Crippen LogP contribution < -0.4 is 5.32 Å². The van der Waals surface area contributed by atoms with Gasteiger partial charge < -0.3 is 15.3 Å². The van der Waals surface area contributed by atoms with Crippen LogP contribution in [0.15, 0.2) is 60.7 Å². The van der Waals surface area contributed by atoms with Crippen LogP contribution in [0.25, 0.3) is 0 Å². The summed E-state index contributed by atoms with van der Waals surface area (Å²) < 4.78 is 0. The Kier molecular flexibility index (Phi) is 7.81. The number of carboxylic acids is 1. The van der Waals surface area contributed by atoms with Gasteiger partial charge >= 0.3 is 5.97 Å². The van der Waals surface area contributed by atoms with Crippen molar-refractivity contribution >= 4 is 42.2 Å². The van der Waals surface area contributed by atoms with Gasteiger partial charge in [0, 0.05) is 17.5 Å². The minimum absolute atomic E-state index is 0.0625. The quantitative estimate of drug-likeness (QED) is 0.571. The Morgan fingerprint density at radius 3 is 2.40 bits per heavy atom. The fourth-order valence-corrected chi connectivity index (χ4v) is 4.89. The van der Waals surface area contributed by atoms with Crippen molar-refractivity contribution in [2.75, 3.05) is 18.8 Å². The summed E-state index contributed by atoms with van der Waals surface area (Å²) in [7, 11) is 0. The van der Waals surface area contributed by atoms with Gasteiger partial charge in [0.1, 0.15) is 12.6 Å². The van der Waals surface area contributed by atoms with Crippen molar-refractivity contribution in [2.24, 2.45) is 0 Å². The predicted molar refractivity (Wildman–Crippen MR) is 121 cm³/mol. The molecule has 1 saturated heterocycles. The van der Waals surface area contributed by atoms with Gasteiger partial charge in [0.05, 0.1) is 5.25 Å². The average Bonchev–Trinajstić information content (AvgIpc) is 2.89. The van der Waals surface area contributed by atoms with E-state index in [1.54, 1.807) is 11.8 Å². The molecule has 2 aromatic rings. The molecule has 2 aromatic carbocycles. The van der Waals surface area contributed by atoms with Crippen molar-refractivity contribution < 1.29 is 19.5 Å². The first kappa shape index (κ1) is 22.2. The number of hydrogen-bond donors (Lipinski definition) is 3. The molecule has 0 spiro atoms. The highest BCUT2D eigenvalue weighted by atomic mass is 32.2. The zero-order valence-electron chi connectivity index (χ0n) is 16.3. The van der Waals surface area contributed by atoms with E-state index in [4.69, 9.17) is 0 Å². The van der Waals surface area contributed by atoms with E-state index < -0.39 is 23.8 Å². The molecule has 0 aliphatic carbocycles. The lowest BCUT2D eigenvalue weighted by Gasteiger charge is -2.25. The largest absolute Gasteiger partial charge is 0.480 e. The highest BCUT2D eigenvalue weighted by molar-refractivity contribution is 7.99. The van der Waals surface area contributed by atoms with Crippen LogP contribution in [0.4, 0.5) is 0 Å². The van der Waals surface area contributed by atoms with Gasteiger partial charge in [-0.25, -0.2) is 0 Å². The molecule has 30 heavy (non-hydrogen) atoms. The maximum atomic E-state index is 13.0. The van der Waals surface area contributed by atoms with Crippen LogP contribution in [0.2, 0.25) is 0 Å². The molecule has 3 rings (SSSR count). The third-order valence-corrected chi connectivity index (χ3v) is 6.62. The number of thiol groups is 1. The maximum Gasteiger partial charge on any atom is 0.323 e. The monoisotopic (exact) mass is 444 g/mol. The standard InChI is InChI=1S/C22H24N2O4S2/c25-20(26)13-24-12-19(16-9-5-2-6-10-16)30-14-17(22(24)28)23-21(27)18(29)11-15-7-3-1-4-8-15/h1-10,17-19,29H,11-14H2,(H,23,27)(H,25,26)/t17-,18?,19-/m0/s1. The second-order valence-electron chi connectivity index (χ2n) is 7.11. The van der Waals surface area contributed by atoms with E-state index in [-0.39, 0.29) is 23.6 Å². The summed E-state index contributed by atoms with van der Waals surface area (Å²) >= 11 is 5.95. The smallest absolute Gasteiger partial charge is 0.323 e. The van der Waals surface area contributed by atoms with Gasteiger partial charge in [-0.15, -0.1) is 11.8 Å². The minimum atomic E-state index is -1.08. The van der Waals surface area contributed by atoms with Crippen molar-refractivity contribution in [3.05, 3.63) is 71.8 Å². The molecule has 0 saturated carbocycles. The van der Waals surface area contributed by atoms with E-state index in [1.807, 2.05) is 60.7 Å². The van der Waals surface area contributed by atoms with E-state index in [0.717, 1.165) is 11.1 Å². The van der Waals surface area contributed by atoms with Gasteiger partial charge in [0.15, 0.2) is 0 Å². The van der Waals surface area contributed by atoms with Gasteiger partial charge in [-0.05, 0) is 17.5 Å². The van der Waals surface area contributed by atoms with Gasteiger partial charge in [0.2, 0.25) is 11.8 Å². The summed E-state index contributed by atoms with van der Waals surface area (Å²) in [6.45, 7) is -0.121. The average molecular weight is 445 g/mol. The lowest BCUT2D eigenvalue weighted by molar-refractivity contribution is -0.145. The molecule has 3 atom stereocenters. The Balaban J connectivity index is 1.70. The number of rotatable bonds is 7. The van der Waals surface area contributed by atoms with E-state index in [2.05, 4.69) is 17.9 Å². The molecule has 1 fully saturated rings. The van der Waals surface area contributed by atoms with Crippen molar-refractivity contribution in [3.8, 4) is 0 Å². The van der Waals surface area contributed by atoms with Crippen molar-refractivity contribution in [2.45, 2.75) is 23.0 Å². The number of aliphatic carboxylic acids is 1. The summed E-state index contributed by atoms with van der Waals surface area (Å²) in [6, 6.07) is 18.4. The molecule has 1 aliphatic heterocycles. The lowest BCUT2D eigenvalue weighted by Crippen LogP contribution is -2.52. The van der Waals surface area contributed by atoms with Crippen LogP contribution in [0.1, 0.15) is 16.4 Å². The molecule has 0 aromatic heterocycles. The second kappa shape index (κ2) is 10.5. The van der Waals surface area contributed by atoms with Gasteiger partial charge in [0.25, 0.3) is 0 Å². The summed E-state index contributed by atoms with van der Waals surface area (Å²) in [6.07, 6.45) is 0.440. The van der Waals surface area contributed by atoms with Crippen LogP contribution in [0.3, 0.4) is 0 Å². The number of thioether (sulfide) groups is 1. The molecule has 2 N–H and O–H groups in total. The summed E-state index contributed by atoms with van der Waals surface area (Å²) in [4.78, 5) is 38.3. The Morgan fingerprint density at radius 1 is 1.13 bits per heavy atom. The van der Waals surface area contributed by atoms with Crippen molar-refractivity contribution in [1.29, 1.82) is 0 Å². The Labute approximate surface area is 185 Å². The summed E-state index contributed by atoms with van der Waals surface area (Å²) in [5.74, 6) is -1.43. The van der Waals surface area contributed by atoms with Crippen LogP contribution in [-0.4, -0.2) is 57.9 Å². The summed E-state index contributed by atoms with van der Waals surface area (Å²) in [5, 5.41) is 11.4. The molecule has 158 valence electrons. The number of nitrogens with zero attached hydrogens (tertiary/aromatic N) is 1. The fraction of sp³-hybridized carbons (Fsp3) is 0.318. The summed E-state index contributed by atoms with van der Waals surface area (Å²) in [5.41, 5.74) is 2.00. The van der Waals surface area contributed by atoms with Crippen LogP contribution in [0.5, 0.6) is 0 Å². The highest BCUT2D eigenvalue weighted by Crippen LogP contribution is 2.33. The van der Waals surface area contributed by atoms with E-state index >= 15 is 0 Å². The number of benzene rings is 2. The molecule has 0 bridgehead atoms. The minimum Gasteiger partial charge on any atom is -0.480 e. The Hall–Kier alpha value is -2.45. The Morgan fingerprint density at radius 2 is 1.77 bits per heavy atom. The van der Waals surface area contributed by atoms with E-state index in [0.29, 0.717) is 12.2 Å². The number of nitrogens with one attached hydrogen (secondary N) is 1. The molecular weight excluding hydrogens is 420 g/mol. The molecule has 0 radical (unpaired) electrons. The number of carbonyl (C=O) groups excluding carboxylic acids is 2. The number of hydrogen-bond acceptors (Lipinski definition) is 5. The third kappa shape index (κ3) is 6.03. The molecule has 1 unspecified atom stereocenters. The molecule has 1 heterocycles. The number of carbonyl (C=O) groups is 3. The highest BCUT2D eigenvalue weighted by Gasteiger charge is 2.34. The van der Waals surface area contributed by atoms with E-state index in [1.165, 1.54) is 4.90 Å². The second-order valence-corrected chi connectivity index (χ2v) is 8.97. The first-order valence-electron chi connectivity index (χ1n) is 9.63. The first-order valence-corrected chi connectivity index (χ1v) is 11.2. The van der Waals surface area contributed by atoms with Crippen molar-refractivity contribution in [3.63, 3.8) is 0 Å². The van der Waals surface area contributed by atoms with Crippen LogP contribution in [-0.2, 0) is 20.8 Å². The van der Waals surface area contributed by atoms with Gasteiger partial charge in [-0.1, -0.05) is 60.7 Å². The van der Waals surface area contributed by atoms with E-state index in [9.17, 15) is 19.5 Å². The first-order chi connectivity index (χ1) is 14.4. The van der Waals surface area contributed by atoms with Gasteiger partial charge in [-0.2, -0.15) is 12.6 Å². The normalized spacial score (nSPS) is 20.3. The SMILES string of the molecule is O=C(O)CN1C[C@@H](c2ccccc2)SC[C@H](NC(=O)C(S)Cc2ccccc2)C1=O. The zero-order valence-corrected chi connectivity index (χ0v) is 18.0. The third-order valence-electron chi connectivity index (χ3n) is 4.85. The number of carboxylic acid groups (broad SMARTS) is 1. The fourth-order valence-electron chi connectivity index (χ4n) is 3.32. The zero-order chi connectivity index (χ0) is 21.5. The van der Waals surface area contributed by atoms with Crippen molar-refractivity contribution in [1.82, 2.24) is 10.2 Å². The molecule has 1 aliphatic rings. The lowest BCUT2D eigenvalue weighted by atomic mass is 10.1. The van der Waals surface area contributed by atoms with Crippen LogP contribution >= 0.6 is 24.4 Å². The maximum absolute atomic E-state index is 13.0. The van der Waals surface area contributed by atoms with Gasteiger partial charge in [-0.3, -0.25) is 14.4 Å². The molecular formula is C22H24N2O4S2. The molecule has 8 heteroatoms. The molecule has 2 amide bonds. The molecule has 6 nitrogen and oxygen atoms in total. The number of amides is 2. The Bertz CT molecular complexity index is 879.